The molecule has 3 rings (SSSR count). The average molecular weight is 222 g/mol. The van der Waals surface area contributed by atoms with Crippen molar-refractivity contribution >= 4 is 0 Å². The van der Waals surface area contributed by atoms with Gasteiger partial charge in [-0.25, -0.2) is 0 Å². The molecule has 17 heavy (non-hydrogen) atoms. The molecule has 0 saturated heterocycles. The zero-order chi connectivity index (χ0) is 11.7. The molecule has 1 aliphatic carbocycles. The normalized spacial score (nSPS) is 23.1. The predicted octanol–water partition coefficient (Wildman–Crippen LogP) is 4.72. The third-order valence-corrected chi connectivity index (χ3v) is 3.99. The summed E-state index contributed by atoms with van der Waals surface area (Å²) in [6.45, 7) is 2.35. The molecule has 0 saturated carbocycles. The van der Waals surface area contributed by atoms with Gasteiger partial charge in [0.05, 0.1) is 0 Å². The van der Waals surface area contributed by atoms with E-state index >= 15 is 0 Å². The van der Waals surface area contributed by atoms with Crippen LogP contribution in [0.3, 0.4) is 0 Å². The third kappa shape index (κ3) is 1.88. The molecule has 2 unspecified atom stereocenters. The van der Waals surface area contributed by atoms with E-state index in [1.54, 1.807) is 5.56 Å². The zero-order valence-electron chi connectivity index (χ0n) is 10.3. The number of benzene rings is 2. The Morgan fingerprint density at radius 3 is 2.18 bits per heavy atom. The molecule has 0 heterocycles. The zero-order valence-corrected chi connectivity index (χ0v) is 10.3. The Morgan fingerprint density at radius 2 is 1.41 bits per heavy atom. The van der Waals surface area contributed by atoms with E-state index in [1.807, 2.05) is 0 Å². The topological polar surface area (TPSA) is 0 Å². The quantitative estimate of drug-likeness (QED) is 0.655. The van der Waals surface area contributed by atoms with Gasteiger partial charge in [-0.05, 0) is 35.4 Å². The first kappa shape index (κ1) is 10.6. The van der Waals surface area contributed by atoms with Gasteiger partial charge in [-0.3, -0.25) is 0 Å². The molecule has 2 atom stereocenters. The van der Waals surface area contributed by atoms with Crippen molar-refractivity contribution in [2.75, 3.05) is 0 Å². The maximum absolute atomic E-state index is 2.35. The van der Waals surface area contributed by atoms with Crippen LogP contribution in [-0.4, -0.2) is 0 Å². The van der Waals surface area contributed by atoms with Crippen molar-refractivity contribution in [2.24, 2.45) is 0 Å². The van der Waals surface area contributed by atoms with Crippen LogP contribution in [0.4, 0.5) is 0 Å². The number of fused-ring (bicyclic) bond motifs is 1. The Hall–Kier alpha value is -1.56. The molecule has 2 aromatic rings. The molecule has 0 amide bonds. The minimum Gasteiger partial charge on any atom is -0.0622 e. The summed E-state index contributed by atoms with van der Waals surface area (Å²) < 4.78 is 0. The first-order valence-corrected chi connectivity index (χ1v) is 6.50. The Balaban J connectivity index is 2.07. The molecule has 0 aromatic heterocycles. The summed E-state index contributed by atoms with van der Waals surface area (Å²) in [5, 5.41) is 0. The van der Waals surface area contributed by atoms with Crippen LogP contribution in [0.1, 0.15) is 48.3 Å². The average Bonchev–Trinajstić information content (AvgIpc) is 2.41. The Bertz CT molecular complexity index is 498. The van der Waals surface area contributed by atoms with Crippen LogP contribution in [0.2, 0.25) is 0 Å². The lowest BCUT2D eigenvalue weighted by molar-refractivity contribution is 0.545. The van der Waals surface area contributed by atoms with Crippen LogP contribution in [0.15, 0.2) is 54.6 Å². The second kappa shape index (κ2) is 4.37. The van der Waals surface area contributed by atoms with E-state index < -0.39 is 0 Å². The summed E-state index contributed by atoms with van der Waals surface area (Å²) in [6, 6.07) is 19.9. The first-order chi connectivity index (χ1) is 8.36. The van der Waals surface area contributed by atoms with Crippen LogP contribution in [0, 0.1) is 0 Å². The Kier molecular flexibility index (Phi) is 2.72. The lowest BCUT2D eigenvalue weighted by Gasteiger charge is -2.30. The smallest absolute Gasteiger partial charge is 0.00923 e. The van der Waals surface area contributed by atoms with Crippen molar-refractivity contribution in [3.05, 3.63) is 71.3 Å². The Labute approximate surface area is 103 Å². The molecule has 0 bridgehead atoms. The fourth-order valence-electron chi connectivity index (χ4n) is 3.04. The number of rotatable bonds is 1. The molecular formula is C17H18. The Morgan fingerprint density at radius 1 is 0.765 bits per heavy atom. The molecule has 0 heteroatoms. The van der Waals surface area contributed by atoms with Gasteiger partial charge in [0, 0.05) is 5.92 Å². The van der Waals surface area contributed by atoms with Crippen LogP contribution in [-0.2, 0) is 0 Å². The maximum atomic E-state index is 2.35. The monoisotopic (exact) mass is 222 g/mol. The van der Waals surface area contributed by atoms with Gasteiger partial charge in [-0.1, -0.05) is 61.5 Å². The van der Waals surface area contributed by atoms with Crippen molar-refractivity contribution in [3.8, 4) is 0 Å². The van der Waals surface area contributed by atoms with Gasteiger partial charge in [0.25, 0.3) is 0 Å². The summed E-state index contributed by atoms with van der Waals surface area (Å²) in [6.07, 6.45) is 2.58. The largest absolute Gasteiger partial charge is 0.0622 e. The summed E-state index contributed by atoms with van der Waals surface area (Å²) in [5.74, 6) is 1.31. The van der Waals surface area contributed by atoms with E-state index in [9.17, 15) is 0 Å². The molecule has 86 valence electrons. The van der Waals surface area contributed by atoms with E-state index in [1.165, 1.54) is 24.0 Å². The van der Waals surface area contributed by atoms with Crippen molar-refractivity contribution < 1.29 is 0 Å². The van der Waals surface area contributed by atoms with Gasteiger partial charge >= 0.3 is 0 Å². The predicted molar refractivity (Wildman–Crippen MR) is 72.4 cm³/mol. The fourth-order valence-corrected chi connectivity index (χ4v) is 3.04. The second-order valence-electron chi connectivity index (χ2n) is 5.07. The standard InChI is InChI=1S/C17H18/c1-13-11-12-16(14-7-3-2-4-8-14)17-10-6-5-9-15(13)17/h2-10,13,16H,11-12H2,1H3. The van der Waals surface area contributed by atoms with Crippen molar-refractivity contribution in [2.45, 2.75) is 31.6 Å². The van der Waals surface area contributed by atoms with E-state index in [-0.39, 0.29) is 0 Å². The van der Waals surface area contributed by atoms with Crippen LogP contribution >= 0.6 is 0 Å². The lowest BCUT2D eigenvalue weighted by atomic mass is 9.75. The van der Waals surface area contributed by atoms with Gasteiger partial charge in [-0.15, -0.1) is 0 Å². The van der Waals surface area contributed by atoms with Crippen LogP contribution in [0.5, 0.6) is 0 Å². The highest BCUT2D eigenvalue weighted by Crippen LogP contribution is 2.41. The third-order valence-electron chi connectivity index (χ3n) is 3.99. The summed E-state index contributed by atoms with van der Waals surface area (Å²) in [7, 11) is 0. The van der Waals surface area contributed by atoms with Gasteiger partial charge in [-0.2, -0.15) is 0 Å². The SMILES string of the molecule is CC1CCC(c2ccccc2)c2ccccc21. The van der Waals surface area contributed by atoms with Gasteiger partial charge in [0.2, 0.25) is 0 Å². The van der Waals surface area contributed by atoms with E-state index in [4.69, 9.17) is 0 Å². The molecule has 0 nitrogen and oxygen atoms in total. The highest BCUT2D eigenvalue weighted by atomic mass is 14.3. The maximum Gasteiger partial charge on any atom is 0.00923 e. The molecule has 0 spiro atoms. The fraction of sp³-hybridized carbons (Fsp3) is 0.294. The van der Waals surface area contributed by atoms with Crippen molar-refractivity contribution in [1.29, 1.82) is 0 Å². The number of hydrogen-bond acceptors (Lipinski definition) is 0. The number of hydrogen-bond donors (Lipinski definition) is 0. The summed E-state index contributed by atoms with van der Waals surface area (Å²) >= 11 is 0. The minimum atomic E-state index is 0.601. The minimum absolute atomic E-state index is 0.601. The van der Waals surface area contributed by atoms with Crippen LogP contribution < -0.4 is 0 Å². The molecule has 0 N–H and O–H groups in total. The van der Waals surface area contributed by atoms with Crippen LogP contribution in [0.25, 0.3) is 0 Å². The van der Waals surface area contributed by atoms with Gasteiger partial charge in [0.15, 0.2) is 0 Å². The molecular weight excluding hydrogens is 204 g/mol. The molecule has 0 aliphatic heterocycles. The van der Waals surface area contributed by atoms with E-state index in [2.05, 4.69) is 61.5 Å². The van der Waals surface area contributed by atoms with Crippen molar-refractivity contribution in [3.63, 3.8) is 0 Å². The molecule has 0 radical (unpaired) electrons. The molecule has 0 fully saturated rings. The van der Waals surface area contributed by atoms with E-state index in [0.717, 1.165) is 0 Å². The second-order valence-corrected chi connectivity index (χ2v) is 5.07. The highest BCUT2D eigenvalue weighted by Gasteiger charge is 2.24. The summed E-state index contributed by atoms with van der Waals surface area (Å²) in [4.78, 5) is 0. The molecule has 1 aliphatic rings. The first-order valence-electron chi connectivity index (χ1n) is 6.50. The van der Waals surface area contributed by atoms with Gasteiger partial charge in [0.1, 0.15) is 0 Å². The molecule has 2 aromatic carbocycles. The van der Waals surface area contributed by atoms with Gasteiger partial charge < -0.3 is 0 Å². The van der Waals surface area contributed by atoms with Crippen molar-refractivity contribution in [1.82, 2.24) is 0 Å². The lowest BCUT2D eigenvalue weighted by Crippen LogP contribution is -2.13. The highest BCUT2D eigenvalue weighted by molar-refractivity contribution is 5.41. The summed E-state index contributed by atoms with van der Waals surface area (Å²) in [5.41, 5.74) is 4.55. The van der Waals surface area contributed by atoms with E-state index in [0.29, 0.717) is 11.8 Å².